The summed E-state index contributed by atoms with van der Waals surface area (Å²) in [5.74, 6) is -0.356. The number of carbonyl (C=O) groups is 1. The molecule has 3 aromatic rings. The molecule has 0 radical (unpaired) electrons. The topological polar surface area (TPSA) is 65.0 Å². The number of thioether (sulfide) groups is 1. The lowest BCUT2D eigenvalue weighted by Gasteiger charge is -2.39. The molecule has 36 heavy (non-hydrogen) atoms. The van der Waals surface area contributed by atoms with Crippen molar-refractivity contribution in [2.75, 3.05) is 14.2 Å². The fourth-order valence-electron chi connectivity index (χ4n) is 4.20. The molecule has 3 atom stereocenters. The van der Waals surface area contributed by atoms with Gasteiger partial charge in [0.1, 0.15) is 12.4 Å². The molecule has 0 spiro atoms. The Morgan fingerprint density at radius 1 is 1.00 bits per heavy atom. The number of rotatable bonds is 10. The first-order chi connectivity index (χ1) is 17.4. The van der Waals surface area contributed by atoms with E-state index in [1.165, 1.54) is 17.8 Å². The van der Waals surface area contributed by atoms with Gasteiger partial charge in [0.05, 0.1) is 16.6 Å². The molecule has 188 valence electrons. The van der Waals surface area contributed by atoms with Gasteiger partial charge in [0.15, 0.2) is 11.6 Å². The van der Waals surface area contributed by atoms with Gasteiger partial charge in [-0.3, -0.25) is 4.79 Å². The summed E-state index contributed by atoms with van der Waals surface area (Å²) in [4.78, 5) is 12.4. The number of allylic oxidation sites excluding steroid dienone is 1. The zero-order chi connectivity index (χ0) is 25.5. The molecule has 0 fully saturated rings. The lowest BCUT2D eigenvalue weighted by molar-refractivity contribution is -0.174. The molecule has 0 aromatic heterocycles. The molecule has 0 unspecified atom stereocenters. The van der Waals surface area contributed by atoms with Crippen LogP contribution in [0.4, 0.5) is 0 Å². The zero-order valence-corrected chi connectivity index (χ0v) is 23.1. The lowest BCUT2D eigenvalue weighted by atomic mass is 9.99. The van der Waals surface area contributed by atoms with Gasteiger partial charge >= 0.3 is 0 Å². The number of aliphatic hydroxyl groups excluding tert-OH is 1. The molecule has 0 saturated heterocycles. The van der Waals surface area contributed by atoms with Crippen LogP contribution in [0.15, 0.2) is 91.0 Å². The maximum atomic E-state index is 12.4. The molecule has 1 aliphatic rings. The third-order valence-corrected chi connectivity index (χ3v) is 8.59. The van der Waals surface area contributed by atoms with E-state index in [4.69, 9.17) is 14.2 Å². The molecule has 0 heterocycles. The van der Waals surface area contributed by atoms with Gasteiger partial charge in [-0.05, 0) is 75.7 Å². The van der Waals surface area contributed by atoms with E-state index in [1.54, 1.807) is 20.3 Å². The van der Waals surface area contributed by atoms with Crippen LogP contribution in [0.1, 0.15) is 34.5 Å². The fourth-order valence-corrected chi connectivity index (χ4v) is 6.25. The summed E-state index contributed by atoms with van der Waals surface area (Å²) in [6, 6.07) is 25.6. The van der Waals surface area contributed by atoms with Crippen LogP contribution >= 0.6 is 34.4 Å². The highest BCUT2D eigenvalue weighted by atomic mass is 127. The number of hydrogen-bond donors (Lipinski definition) is 1. The van der Waals surface area contributed by atoms with E-state index in [9.17, 15) is 9.90 Å². The minimum Gasteiger partial charge on any atom is -0.489 e. The third-order valence-electron chi connectivity index (χ3n) is 6.22. The van der Waals surface area contributed by atoms with Crippen molar-refractivity contribution in [3.63, 3.8) is 0 Å². The summed E-state index contributed by atoms with van der Waals surface area (Å²) in [5, 5.41) is 10.8. The molecule has 3 aromatic carbocycles. The van der Waals surface area contributed by atoms with E-state index in [1.807, 2.05) is 78.9 Å². The molecule has 5 nitrogen and oxygen atoms in total. The van der Waals surface area contributed by atoms with E-state index < -0.39 is 17.1 Å². The van der Waals surface area contributed by atoms with Crippen LogP contribution in [0.3, 0.4) is 0 Å². The molecule has 1 aliphatic carbocycles. The average Bonchev–Trinajstić information content (AvgIpc) is 2.92. The first-order valence-electron chi connectivity index (χ1n) is 11.6. The van der Waals surface area contributed by atoms with Gasteiger partial charge in [0, 0.05) is 24.2 Å². The van der Waals surface area contributed by atoms with Crippen molar-refractivity contribution in [3.8, 4) is 5.75 Å². The Balaban J connectivity index is 1.66. The minimum atomic E-state index is -1.07. The van der Waals surface area contributed by atoms with Crippen molar-refractivity contribution in [2.24, 2.45) is 0 Å². The van der Waals surface area contributed by atoms with Crippen LogP contribution < -0.4 is 4.74 Å². The number of carbonyl (C=O) groups excluding carboxylic acids is 1. The van der Waals surface area contributed by atoms with Gasteiger partial charge < -0.3 is 19.3 Å². The second-order valence-corrected chi connectivity index (χ2v) is 11.1. The molecule has 0 bridgehead atoms. The number of ether oxygens (including phenoxy) is 3. The Morgan fingerprint density at radius 2 is 1.72 bits per heavy atom. The number of benzene rings is 3. The predicted octanol–water partition coefficient (Wildman–Crippen LogP) is 6.26. The standard InChI is InChI=1S/C29H29IO5S/c1-33-29(34-2)16-15-24(31)18-26(29)36-28(27(32)21-11-13-23(30)14-12-21)22-9-6-10-25(17-22)35-19-20-7-4-3-5-8-20/h3-17,26-28,32H,18-19H2,1-2H3/t26-,27+,28-/m1/s1. The van der Waals surface area contributed by atoms with E-state index in [0.29, 0.717) is 12.4 Å². The van der Waals surface area contributed by atoms with Crippen molar-refractivity contribution < 1.29 is 24.1 Å². The maximum absolute atomic E-state index is 12.4. The summed E-state index contributed by atoms with van der Waals surface area (Å²) < 4.78 is 18.7. The number of ketones is 1. The summed E-state index contributed by atoms with van der Waals surface area (Å²) in [5.41, 5.74) is 2.76. The minimum absolute atomic E-state index is 0.000301. The zero-order valence-electron chi connectivity index (χ0n) is 20.2. The Labute approximate surface area is 230 Å². The van der Waals surface area contributed by atoms with Crippen LogP contribution in [-0.4, -0.2) is 36.1 Å². The highest BCUT2D eigenvalue weighted by molar-refractivity contribution is 14.1. The first kappa shape index (κ1) is 26.9. The molecular weight excluding hydrogens is 587 g/mol. The van der Waals surface area contributed by atoms with Gasteiger partial charge in [-0.2, -0.15) is 0 Å². The second kappa shape index (κ2) is 12.4. The average molecular weight is 617 g/mol. The molecule has 1 N–H and O–H groups in total. The van der Waals surface area contributed by atoms with E-state index >= 15 is 0 Å². The SMILES string of the molecule is COC1(OC)C=CC(=O)C[C@H]1S[C@H](c1cccc(OCc2ccccc2)c1)[C@@H](O)c1ccc(I)cc1. The quantitative estimate of drug-likeness (QED) is 0.214. The number of halogens is 1. The molecule has 0 amide bonds. The molecular formula is C29H29IO5S. The summed E-state index contributed by atoms with van der Waals surface area (Å²) in [6.07, 6.45) is 2.59. The number of methoxy groups -OCH3 is 2. The second-order valence-electron chi connectivity index (χ2n) is 8.52. The van der Waals surface area contributed by atoms with Crippen LogP contribution in [0.2, 0.25) is 0 Å². The Kier molecular flexibility index (Phi) is 9.25. The number of hydrogen-bond acceptors (Lipinski definition) is 6. The maximum Gasteiger partial charge on any atom is 0.200 e. The van der Waals surface area contributed by atoms with Gasteiger partial charge in [-0.15, -0.1) is 11.8 Å². The fraction of sp³-hybridized carbons (Fsp3) is 0.276. The highest BCUT2D eigenvalue weighted by Crippen LogP contribution is 2.48. The Hall–Kier alpha value is -2.17. The van der Waals surface area contributed by atoms with Crippen molar-refractivity contribution >= 4 is 40.1 Å². The number of aliphatic hydroxyl groups is 1. The largest absolute Gasteiger partial charge is 0.489 e. The van der Waals surface area contributed by atoms with Crippen molar-refractivity contribution in [1.29, 1.82) is 0 Å². The van der Waals surface area contributed by atoms with Gasteiger partial charge in [-0.25, -0.2) is 0 Å². The van der Waals surface area contributed by atoms with Crippen molar-refractivity contribution in [3.05, 3.63) is 111 Å². The van der Waals surface area contributed by atoms with E-state index in [0.717, 1.165) is 20.3 Å². The lowest BCUT2D eigenvalue weighted by Crippen LogP contribution is -2.46. The first-order valence-corrected chi connectivity index (χ1v) is 13.6. The Morgan fingerprint density at radius 3 is 2.42 bits per heavy atom. The smallest absolute Gasteiger partial charge is 0.200 e. The normalized spacial score (nSPS) is 18.6. The van der Waals surface area contributed by atoms with Crippen LogP contribution in [0, 0.1) is 3.57 Å². The van der Waals surface area contributed by atoms with Gasteiger partial charge in [0.25, 0.3) is 0 Å². The summed E-state index contributed by atoms with van der Waals surface area (Å²) >= 11 is 3.73. The van der Waals surface area contributed by atoms with Crippen LogP contribution in [0.25, 0.3) is 0 Å². The summed E-state index contributed by atoms with van der Waals surface area (Å²) in [6.45, 7) is 0.445. The summed E-state index contributed by atoms with van der Waals surface area (Å²) in [7, 11) is 3.14. The van der Waals surface area contributed by atoms with Gasteiger partial charge in [0.2, 0.25) is 0 Å². The molecule has 0 aliphatic heterocycles. The highest BCUT2D eigenvalue weighted by Gasteiger charge is 2.44. The van der Waals surface area contributed by atoms with Crippen LogP contribution in [-0.2, 0) is 20.9 Å². The van der Waals surface area contributed by atoms with Crippen LogP contribution in [0.5, 0.6) is 5.75 Å². The van der Waals surface area contributed by atoms with E-state index in [2.05, 4.69) is 22.6 Å². The van der Waals surface area contributed by atoms with E-state index in [-0.39, 0.29) is 17.5 Å². The third kappa shape index (κ3) is 6.39. The van der Waals surface area contributed by atoms with Crippen molar-refractivity contribution in [1.82, 2.24) is 0 Å². The van der Waals surface area contributed by atoms with Gasteiger partial charge in [-0.1, -0.05) is 54.6 Å². The Bertz CT molecular complexity index is 1180. The molecule has 7 heteroatoms. The predicted molar refractivity (Wildman–Crippen MR) is 151 cm³/mol. The van der Waals surface area contributed by atoms with Crippen molar-refractivity contribution in [2.45, 2.75) is 35.4 Å². The molecule has 4 rings (SSSR count). The molecule has 0 saturated carbocycles. The monoisotopic (exact) mass is 616 g/mol.